The Kier molecular flexibility index (Phi) is 4.86. The van der Waals surface area contributed by atoms with Crippen molar-refractivity contribution in [2.45, 2.75) is 26.4 Å². The zero-order valence-electron chi connectivity index (χ0n) is 20.5. The third-order valence-corrected chi connectivity index (χ3v) is 6.93. The maximum absolute atomic E-state index is 13.3. The Morgan fingerprint density at radius 3 is 2.35 bits per heavy atom. The molecule has 0 aliphatic carbocycles. The van der Waals surface area contributed by atoms with E-state index in [2.05, 4.69) is 9.97 Å². The third-order valence-electron chi connectivity index (χ3n) is 6.93. The predicted molar refractivity (Wildman–Crippen MR) is 145 cm³/mol. The Hall–Kier alpha value is -4.69. The van der Waals surface area contributed by atoms with Crippen LogP contribution in [0, 0.1) is 6.92 Å². The molecule has 0 bridgehead atoms. The lowest BCUT2D eigenvalue weighted by molar-refractivity contribution is 0.0787. The van der Waals surface area contributed by atoms with E-state index >= 15 is 0 Å². The summed E-state index contributed by atoms with van der Waals surface area (Å²) in [5.74, 6) is 0. The first-order chi connectivity index (χ1) is 17.6. The molecular formula is C29H24N4O4. The van der Waals surface area contributed by atoms with E-state index in [9.17, 15) is 19.5 Å². The van der Waals surface area contributed by atoms with Gasteiger partial charge in [0.1, 0.15) is 5.52 Å². The first kappa shape index (κ1) is 22.8. The largest absolute Gasteiger partial charge is 0.386 e. The maximum atomic E-state index is 13.3. The summed E-state index contributed by atoms with van der Waals surface area (Å²) in [5, 5.41) is 10.9. The van der Waals surface area contributed by atoms with Crippen LogP contribution >= 0.6 is 0 Å². The van der Waals surface area contributed by atoms with Crippen LogP contribution in [0.1, 0.15) is 25.0 Å². The van der Waals surface area contributed by atoms with Crippen molar-refractivity contribution in [1.29, 1.82) is 0 Å². The Morgan fingerprint density at radius 2 is 1.57 bits per heavy atom. The second-order valence-electron chi connectivity index (χ2n) is 9.75. The van der Waals surface area contributed by atoms with Gasteiger partial charge in [0.25, 0.3) is 11.1 Å². The number of rotatable bonds is 3. The van der Waals surface area contributed by atoms with Crippen LogP contribution in [0.4, 0.5) is 0 Å². The summed E-state index contributed by atoms with van der Waals surface area (Å²) in [6, 6.07) is 21.4. The lowest BCUT2D eigenvalue weighted by atomic mass is 9.98. The van der Waals surface area contributed by atoms with E-state index in [1.807, 2.05) is 35.6 Å². The summed E-state index contributed by atoms with van der Waals surface area (Å²) < 4.78 is 3.01. The van der Waals surface area contributed by atoms with Gasteiger partial charge in [-0.2, -0.15) is 0 Å². The molecule has 184 valence electrons. The summed E-state index contributed by atoms with van der Waals surface area (Å²) in [6.07, 6.45) is 0. The summed E-state index contributed by atoms with van der Waals surface area (Å²) in [7, 11) is 0. The van der Waals surface area contributed by atoms with Gasteiger partial charge in [-0.25, -0.2) is 9.36 Å². The van der Waals surface area contributed by atoms with Crippen LogP contribution < -0.4 is 16.8 Å². The van der Waals surface area contributed by atoms with E-state index in [4.69, 9.17) is 0 Å². The highest BCUT2D eigenvalue weighted by Gasteiger charge is 2.20. The minimum Gasteiger partial charge on any atom is -0.386 e. The Labute approximate surface area is 210 Å². The van der Waals surface area contributed by atoms with E-state index in [1.54, 1.807) is 62.4 Å². The van der Waals surface area contributed by atoms with Crippen molar-refractivity contribution < 1.29 is 5.11 Å². The number of aliphatic hydroxyl groups is 1. The predicted octanol–water partition coefficient (Wildman–Crippen LogP) is 3.98. The third kappa shape index (κ3) is 3.45. The number of fused-ring (bicyclic) bond motifs is 4. The van der Waals surface area contributed by atoms with E-state index in [0.29, 0.717) is 38.8 Å². The number of aromatic amines is 2. The van der Waals surface area contributed by atoms with Crippen molar-refractivity contribution in [3.8, 4) is 16.9 Å². The van der Waals surface area contributed by atoms with Crippen LogP contribution in [0.2, 0.25) is 0 Å². The van der Waals surface area contributed by atoms with Crippen LogP contribution in [-0.4, -0.2) is 24.0 Å². The minimum absolute atomic E-state index is 0.261. The molecule has 0 aliphatic rings. The molecule has 3 N–H and O–H groups in total. The number of aromatic nitrogens is 4. The molecule has 6 aromatic rings. The van der Waals surface area contributed by atoms with Gasteiger partial charge < -0.3 is 19.5 Å². The molecule has 3 heterocycles. The van der Waals surface area contributed by atoms with Gasteiger partial charge in [-0.1, -0.05) is 30.3 Å². The molecule has 0 saturated carbocycles. The maximum Gasteiger partial charge on any atom is 0.333 e. The molecule has 0 saturated heterocycles. The fraction of sp³-hybridized carbons (Fsp3) is 0.138. The highest BCUT2D eigenvalue weighted by Crippen LogP contribution is 2.31. The molecule has 0 unspecified atom stereocenters. The second kappa shape index (κ2) is 7.91. The number of para-hydroxylation sites is 1. The van der Waals surface area contributed by atoms with E-state index < -0.39 is 16.9 Å². The molecule has 6 rings (SSSR count). The zero-order valence-corrected chi connectivity index (χ0v) is 20.5. The highest BCUT2D eigenvalue weighted by molar-refractivity contribution is 5.84. The van der Waals surface area contributed by atoms with Crippen molar-refractivity contribution >= 4 is 27.5 Å². The number of nitrogens with one attached hydrogen (secondary N) is 2. The molecule has 37 heavy (non-hydrogen) atoms. The van der Waals surface area contributed by atoms with Gasteiger partial charge in [0.05, 0.1) is 38.9 Å². The molecule has 0 fully saturated rings. The number of hydrogen-bond donors (Lipinski definition) is 3. The molecule has 8 nitrogen and oxygen atoms in total. The van der Waals surface area contributed by atoms with Gasteiger partial charge in [-0.15, -0.1) is 0 Å². The summed E-state index contributed by atoms with van der Waals surface area (Å²) in [5.41, 5.74) is 3.41. The van der Waals surface area contributed by atoms with Crippen molar-refractivity contribution in [3.63, 3.8) is 0 Å². The minimum atomic E-state index is -1.06. The quantitative estimate of drug-likeness (QED) is 0.347. The normalized spacial score (nSPS) is 12.1. The molecule has 0 amide bonds. The molecular weight excluding hydrogens is 468 g/mol. The van der Waals surface area contributed by atoms with E-state index in [1.165, 1.54) is 0 Å². The summed E-state index contributed by atoms with van der Waals surface area (Å²) in [4.78, 5) is 45.0. The van der Waals surface area contributed by atoms with Crippen LogP contribution in [0.5, 0.6) is 0 Å². The molecule has 3 aromatic heterocycles. The number of nitrogens with zero attached hydrogens (tertiary/aromatic N) is 2. The van der Waals surface area contributed by atoms with Gasteiger partial charge in [0, 0.05) is 5.56 Å². The Bertz CT molecular complexity index is 2050. The topological polar surface area (TPSA) is 112 Å². The van der Waals surface area contributed by atoms with Gasteiger partial charge in [0.15, 0.2) is 0 Å². The zero-order chi connectivity index (χ0) is 26.1. The smallest absolute Gasteiger partial charge is 0.333 e. The SMILES string of the molecule is Cc1c(-c2ccc3c(=O)[nH]c4cc(C(C)(C)O)ccc4n23)cccc1-n1c(=O)[nH]c2ccccc2c1=O. The highest BCUT2D eigenvalue weighted by atomic mass is 16.3. The molecule has 0 radical (unpaired) electrons. The lowest BCUT2D eigenvalue weighted by Crippen LogP contribution is -2.34. The summed E-state index contributed by atoms with van der Waals surface area (Å²) >= 11 is 0. The molecule has 0 spiro atoms. The van der Waals surface area contributed by atoms with E-state index in [-0.39, 0.29) is 5.56 Å². The summed E-state index contributed by atoms with van der Waals surface area (Å²) in [6.45, 7) is 5.24. The van der Waals surface area contributed by atoms with E-state index in [0.717, 1.165) is 21.3 Å². The fourth-order valence-corrected chi connectivity index (χ4v) is 5.01. The van der Waals surface area contributed by atoms with Gasteiger partial charge in [-0.05, 0) is 74.4 Å². The standard InChI is InChI=1S/C29H24N4O4/c1-16-18(8-6-10-22(16)33-27(35)19-7-4-5-9-20(19)31-28(33)36)23-13-14-25-26(34)30-21-15-17(29(2,3)37)11-12-24(21)32(23)25/h4-15,37H,1-3H3,(H,30,34)(H,31,36). The average molecular weight is 493 g/mol. The van der Waals surface area contributed by atoms with Crippen molar-refractivity contribution in [1.82, 2.24) is 18.9 Å². The average Bonchev–Trinajstić information content (AvgIpc) is 3.30. The van der Waals surface area contributed by atoms with Crippen LogP contribution in [0.25, 0.3) is 44.4 Å². The van der Waals surface area contributed by atoms with Crippen LogP contribution in [0.3, 0.4) is 0 Å². The fourth-order valence-electron chi connectivity index (χ4n) is 5.01. The van der Waals surface area contributed by atoms with Gasteiger partial charge >= 0.3 is 5.69 Å². The monoisotopic (exact) mass is 492 g/mol. The van der Waals surface area contributed by atoms with Crippen LogP contribution in [-0.2, 0) is 5.60 Å². The molecule has 0 aliphatic heterocycles. The first-order valence-corrected chi connectivity index (χ1v) is 11.9. The Morgan fingerprint density at radius 1 is 0.811 bits per heavy atom. The number of H-pyrrole nitrogens is 2. The van der Waals surface area contributed by atoms with Crippen LogP contribution in [0.15, 0.2) is 87.2 Å². The number of hydrogen-bond acceptors (Lipinski definition) is 4. The van der Waals surface area contributed by atoms with Gasteiger partial charge in [0.2, 0.25) is 0 Å². The van der Waals surface area contributed by atoms with Crippen molar-refractivity contribution in [2.24, 2.45) is 0 Å². The molecule has 8 heteroatoms. The van der Waals surface area contributed by atoms with Gasteiger partial charge in [-0.3, -0.25) is 9.59 Å². The van der Waals surface area contributed by atoms with Crippen molar-refractivity contribution in [2.75, 3.05) is 0 Å². The first-order valence-electron chi connectivity index (χ1n) is 11.9. The lowest BCUT2D eigenvalue weighted by Gasteiger charge is -2.19. The second-order valence-corrected chi connectivity index (χ2v) is 9.75. The number of benzene rings is 3. The molecule has 3 aromatic carbocycles. The van der Waals surface area contributed by atoms with Crippen molar-refractivity contribution in [3.05, 3.63) is 115 Å². The Balaban J connectivity index is 1.64. The molecule has 0 atom stereocenters.